The van der Waals surface area contributed by atoms with E-state index >= 15 is 0 Å². The molecule has 2 atom stereocenters. The second-order valence-electron chi connectivity index (χ2n) is 11.6. The number of fused-ring (bicyclic) bond motifs is 1. The van der Waals surface area contributed by atoms with Crippen molar-refractivity contribution in [3.05, 3.63) is 54.5 Å². The molecule has 3 aliphatic rings. The molecule has 1 saturated carbocycles. The van der Waals surface area contributed by atoms with Crippen LogP contribution in [0.2, 0.25) is 0 Å². The maximum atomic E-state index is 8.01. The van der Waals surface area contributed by atoms with E-state index in [4.69, 9.17) is 34.1 Å². The minimum Gasteiger partial charge on any atom is -0.497 e. The van der Waals surface area contributed by atoms with Crippen LogP contribution in [0.5, 0.6) is 11.5 Å². The number of rotatable bonds is 14. The first-order valence-corrected chi connectivity index (χ1v) is 15.9. The van der Waals surface area contributed by atoms with E-state index in [1.807, 2.05) is 24.4 Å². The molecule has 0 spiro atoms. The van der Waals surface area contributed by atoms with Crippen LogP contribution in [0.1, 0.15) is 57.1 Å². The first-order valence-electron chi connectivity index (χ1n) is 15.9. The quantitative estimate of drug-likeness (QED) is 0.164. The molecule has 2 saturated heterocycles. The second-order valence-corrected chi connectivity index (χ2v) is 11.6. The Morgan fingerprint density at radius 3 is 2.55 bits per heavy atom. The maximum absolute atomic E-state index is 8.01. The lowest BCUT2D eigenvalue weighted by Gasteiger charge is -2.26. The van der Waals surface area contributed by atoms with Crippen molar-refractivity contribution in [3.8, 4) is 11.5 Å². The number of hydrogen-bond donors (Lipinski definition) is 2. The van der Waals surface area contributed by atoms with E-state index in [-0.39, 0.29) is 12.5 Å². The van der Waals surface area contributed by atoms with Crippen molar-refractivity contribution < 1.29 is 23.7 Å². The standard InChI is InChI=1S/C34H43N5O5/c1-40-28-16-27(17-29(19-28)41-14-15-44-34-7-3-5-13-43-34)39(23-24-8-9-24)26-10-11-30-31(18-26)38-32(22-36-30)25(20-35)21-37-33-6-2-4-12-42-33/h10-11,16-22,24,33-35,37H,2-9,12-15,23H2,1H3/b25-21+,35-20?. The van der Waals surface area contributed by atoms with Crippen LogP contribution < -0.4 is 19.7 Å². The SMILES string of the molecule is COc1cc(OCCOC2CCCCO2)cc(N(CC2CC2)c2ccc3ncc(/C(C=N)=C/NC4CCCCO4)nc3c2)c1. The first kappa shape index (κ1) is 30.3. The molecule has 3 heterocycles. The predicted octanol–water partition coefficient (Wildman–Crippen LogP) is 6.22. The van der Waals surface area contributed by atoms with Gasteiger partial charge >= 0.3 is 0 Å². The molecule has 2 aliphatic heterocycles. The van der Waals surface area contributed by atoms with Crippen LogP contribution >= 0.6 is 0 Å². The van der Waals surface area contributed by atoms with Gasteiger partial charge in [-0.25, -0.2) is 4.98 Å². The van der Waals surface area contributed by atoms with Crippen LogP contribution in [-0.2, 0) is 14.2 Å². The highest BCUT2D eigenvalue weighted by atomic mass is 16.7. The first-order chi connectivity index (χ1) is 21.7. The van der Waals surface area contributed by atoms with Crippen molar-refractivity contribution >= 4 is 34.2 Å². The van der Waals surface area contributed by atoms with Gasteiger partial charge in [-0.2, -0.15) is 0 Å². The Balaban J connectivity index is 1.22. The normalized spacial score (nSPS) is 20.7. The van der Waals surface area contributed by atoms with Crippen molar-refractivity contribution in [2.24, 2.45) is 5.92 Å². The predicted molar refractivity (Wildman–Crippen MR) is 171 cm³/mol. The van der Waals surface area contributed by atoms with Crippen molar-refractivity contribution in [3.63, 3.8) is 0 Å². The van der Waals surface area contributed by atoms with Gasteiger partial charge in [0.2, 0.25) is 0 Å². The van der Waals surface area contributed by atoms with E-state index in [0.29, 0.717) is 30.4 Å². The minimum atomic E-state index is -0.133. The number of anilines is 2. The number of nitrogens with one attached hydrogen (secondary N) is 2. The molecule has 3 aromatic rings. The molecule has 2 unspecified atom stereocenters. The fourth-order valence-electron chi connectivity index (χ4n) is 5.57. The molecular formula is C34H43N5O5. The van der Waals surface area contributed by atoms with Gasteiger partial charge in [-0.1, -0.05) is 0 Å². The van der Waals surface area contributed by atoms with Gasteiger partial charge in [0.25, 0.3) is 0 Å². The summed E-state index contributed by atoms with van der Waals surface area (Å²) in [7, 11) is 1.68. The average Bonchev–Trinajstić information content (AvgIpc) is 3.91. The summed E-state index contributed by atoms with van der Waals surface area (Å²) in [4.78, 5) is 11.9. The number of hydrogen-bond acceptors (Lipinski definition) is 10. The third-order valence-electron chi connectivity index (χ3n) is 8.24. The fraction of sp³-hybridized carbons (Fsp3) is 0.500. The van der Waals surface area contributed by atoms with Gasteiger partial charge in [0.1, 0.15) is 24.3 Å². The van der Waals surface area contributed by atoms with Crippen LogP contribution in [0.4, 0.5) is 11.4 Å². The third-order valence-corrected chi connectivity index (χ3v) is 8.24. The third kappa shape index (κ3) is 8.05. The van der Waals surface area contributed by atoms with Crippen LogP contribution in [-0.4, -0.2) is 68.8 Å². The Morgan fingerprint density at radius 2 is 1.80 bits per heavy atom. The smallest absolute Gasteiger partial charge is 0.157 e. The lowest BCUT2D eigenvalue weighted by Crippen LogP contribution is -2.31. The van der Waals surface area contributed by atoms with Crippen LogP contribution in [0.3, 0.4) is 0 Å². The average molecular weight is 602 g/mol. The Labute approximate surface area is 259 Å². The highest BCUT2D eigenvalue weighted by Gasteiger charge is 2.26. The number of aromatic nitrogens is 2. The highest BCUT2D eigenvalue weighted by molar-refractivity contribution is 6.07. The molecule has 0 bridgehead atoms. The number of methoxy groups -OCH3 is 1. The molecule has 6 rings (SSSR count). The molecule has 3 fully saturated rings. The Kier molecular flexibility index (Phi) is 10.2. The van der Waals surface area contributed by atoms with E-state index in [1.54, 1.807) is 13.3 Å². The van der Waals surface area contributed by atoms with Crippen LogP contribution in [0, 0.1) is 11.3 Å². The molecule has 44 heavy (non-hydrogen) atoms. The van der Waals surface area contributed by atoms with E-state index in [2.05, 4.69) is 33.4 Å². The number of nitrogens with zero attached hydrogens (tertiary/aromatic N) is 3. The topological polar surface area (TPSA) is 111 Å². The van der Waals surface area contributed by atoms with Crippen molar-refractivity contribution in [2.45, 2.75) is 63.9 Å². The minimum absolute atomic E-state index is 0.0372. The lowest BCUT2D eigenvalue weighted by atomic mass is 10.1. The lowest BCUT2D eigenvalue weighted by molar-refractivity contribution is -0.165. The molecule has 1 aliphatic carbocycles. The summed E-state index contributed by atoms with van der Waals surface area (Å²) in [6.07, 6.45) is 13.4. The maximum Gasteiger partial charge on any atom is 0.157 e. The molecule has 234 valence electrons. The van der Waals surface area contributed by atoms with Gasteiger partial charge < -0.3 is 39.3 Å². The molecule has 2 N–H and O–H groups in total. The Hall–Kier alpha value is -3.73. The zero-order chi connectivity index (χ0) is 30.1. The Bertz CT molecular complexity index is 1430. The summed E-state index contributed by atoms with van der Waals surface area (Å²) in [6.45, 7) is 3.28. The van der Waals surface area contributed by atoms with E-state index in [1.165, 1.54) is 19.1 Å². The molecule has 1 aromatic heterocycles. The number of benzene rings is 2. The Morgan fingerprint density at radius 1 is 0.955 bits per heavy atom. The van der Waals surface area contributed by atoms with Gasteiger partial charge in [-0.05, 0) is 75.5 Å². The fourth-order valence-corrected chi connectivity index (χ4v) is 5.57. The van der Waals surface area contributed by atoms with Gasteiger partial charge in [-0.3, -0.25) is 4.98 Å². The summed E-state index contributed by atoms with van der Waals surface area (Å²) in [6, 6.07) is 12.2. The van der Waals surface area contributed by atoms with Crippen LogP contribution in [0.15, 0.2) is 48.8 Å². The summed E-state index contributed by atoms with van der Waals surface area (Å²) in [5.41, 5.74) is 4.87. The molecule has 10 nitrogen and oxygen atoms in total. The zero-order valence-corrected chi connectivity index (χ0v) is 25.5. The highest BCUT2D eigenvalue weighted by Crippen LogP contribution is 2.38. The van der Waals surface area contributed by atoms with Gasteiger partial charge in [0.15, 0.2) is 6.29 Å². The molecule has 2 aromatic carbocycles. The molecule has 0 radical (unpaired) electrons. The summed E-state index contributed by atoms with van der Waals surface area (Å²) < 4.78 is 29.1. The van der Waals surface area contributed by atoms with Gasteiger partial charge in [-0.15, -0.1) is 0 Å². The summed E-state index contributed by atoms with van der Waals surface area (Å²) in [5.74, 6) is 2.09. The molecule has 10 heteroatoms. The molecular weight excluding hydrogens is 558 g/mol. The van der Waals surface area contributed by atoms with E-state index in [9.17, 15) is 0 Å². The van der Waals surface area contributed by atoms with Crippen molar-refractivity contribution in [1.82, 2.24) is 15.3 Å². The summed E-state index contributed by atoms with van der Waals surface area (Å²) >= 11 is 0. The number of ether oxygens (including phenoxy) is 5. The van der Waals surface area contributed by atoms with Gasteiger partial charge in [0.05, 0.1) is 36.6 Å². The molecule has 0 amide bonds. The van der Waals surface area contributed by atoms with Crippen LogP contribution in [0.25, 0.3) is 16.6 Å². The second kappa shape index (κ2) is 14.8. The zero-order valence-electron chi connectivity index (χ0n) is 25.5. The van der Waals surface area contributed by atoms with Gasteiger partial charge in [0, 0.05) is 67.3 Å². The van der Waals surface area contributed by atoms with E-state index < -0.39 is 0 Å². The monoisotopic (exact) mass is 601 g/mol. The largest absolute Gasteiger partial charge is 0.497 e. The van der Waals surface area contributed by atoms with Crippen molar-refractivity contribution in [1.29, 1.82) is 5.41 Å². The number of allylic oxidation sites excluding steroid dienone is 1. The van der Waals surface area contributed by atoms with Crippen molar-refractivity contribution in [2.75, 3.05) is 45.0 Å². The van der Waals surface area contributed by atoms with E-state index in [0.717, 1.165) is 92.2 Å². The summed E-state index contributed by atoms with van der Waals surface area (Å²) in [5, 5.41) is 11.3.